The zero-order valence-electron chi connectivity index (χ0n) is 14.8. The van der Waals surface area contributed by atoms with E-state index < -0.39 is 6.04 Å². The van der Waals surface area contributed by atoms with Gasteiger partial charge in [-0.3, -0.25) is 4.57 Å². The molecule has 0 aromatic carbocycles. The van der Waals surface area contributed by atoms with E-state index in [1.165, 1.54) is 17.1 Å². The zero-order chi connectivity index (χ0) is 18.1. The van der Waals surface area contributed by atoms with Crippen molar-refractivity contribution in [3.8, 4) is 0 Å². The summed E-state index contributed by atoms with van der Waals surface area (Å²) in [6, 6.07) is -0.925. The average Bonchev–Trinajstić information content (AvgIpc) is 3.31. The molecular weight excluding hydrogens is 322 g/mol. The van der Waals surface area contributed by atoms with Crippen LogP contribution in [0, 0.1) is 0 Å². The number of amides is 1. The van der Waals surface area contributed by atoms with Crippen LogP contribution < -0.4 is 0 Å². The van der Waals surface area contributed by atoms with Crippen molar-refractivity contribution in [2.24, 2.45) is 0 Å². The minimum atomic E-state index is -0.636. The molecule has 2 atom stereocenters. The summed E-state index contributed by atoms with van der Waals surface area (Å²) in [6.45, 7) is 6.92. The number of nitrogens with zero attached hydrogens (tertiary/aromatic N) is 3. The van der Waals surface area contributed by atoms with E-state index in [1.807, 2.05) is 6.92 Å². The largest absolute Gasteiger partial charge is 0.464 e. The summed E-state index contributed by atoms with van der Waals surface area (Å²) >= 11 is 0. The first kappa shape index (κ1) is 19.2. The standard InChI is InChI=1S/C18H27N3O4/c1-3-5-6-11-25-17(22)16(4-2)21(13-15-8-7-12-24-15)18(23)20-10-9-19-14-20/h3,9-10,14-16H,1,4-8,11-13H2,2H3. The molecule has 7 nitrogen and oxygen atoms in total. The van der Waals surface area contributed by atoms with Crippen LogP contribution in [0.2, 0.25) is 0 Å². The molecule has 1 aliphatic rings. The van der Waals surface area contributed by atoms with E-state index >= 15 is 0 Å². The number of allylic oxidation sites excluding steroid dienone is 1. The Kier molecular flexibility index (Phi) is 7.66. The molecule has 25 heavy (non-hydrogen) atoms. The molecule has 0 saturated carbocycles. The molecule has 0 bridgehead atoms. The summed E-state index contributed by atoms with van der Waals surface area (Å²) in [6.07, 6.45) is 10.2. The lowest BCUT2D eigenvalue weighted by atomic mass is 10.1. The third-order valence-electron chi connectivity index (χ3n) is 4.23. The zero-order valence-corrected chi connectivity index (χ0v) is 14.8. The van der Waals surface area contributed by atoms with Gasteiger partial charge in [0.1, 0.15) is 12.4 Å². The lowest BCUT2D eigenvalue weighted by Gasteiger charge is -2.31. The maximum Gasteiger partial charge on any atom is 0.330 e. The van der Waals surface area contributed by atoms with Gasteiger partial charge in [-0.1, -0.05) is 13.0 Å². The average molecular weight is 349 g/mol. The predicted molar refractivity (Wildman–Crippen MR) is 93.2 cm³/mol. The summed E-state index contributed by atoms with van der Waals surface area (Å²) < 4.78 is 12.4. The monoisotopic (exact) mass is 349 g/mol. The van der Waals surface area contributed by atoms with Gasteiger partial charge in [-0.15, -0.1) is 6.58 Å². The Morgan fingerprint density at radius 3 is 3.00 bits per heavy atom. The number of carbonyl (C=O) groups excluding carboxylic acids is 2. The molecule has 2 heterocycles. The Labute approximate surface area is 148 Å². The van der Waals surface area contributed by atoms with Gasteiger partial charge in [-0.2, -0.15) is 0 Å². The van der Waals surface area contributed by atoms with E-state index in [4.69, 9.17) is 9.47 Å². The van der Waals surface area contributed by atoms with Gasteiger partial charge in [0.25, 0.3) is 0 Å². The minimum absolute atomic E-state index is 0.0462. The number of ether oxygens (including phenoxy) is 2. The lowest BCUT2D eigenvalue weighted by molar-refractivity contribution is -0.149. The molecule has 2 rings (SSSR count). The minimum Gasteiger partial charge on any atom is -0.464 e. The fourth-order valence-corrected chi connectivity index (χ4v) is 2.88. The van der Waals surface area contributed by atoms with Crippen molar-refractivity contribution in [3.05, 3.63) is 31.4 Å². The van der Waals surface area contributed by atoms with E-state index in [9.17, 15) is 9.59 Å². The number of rotatable bonds is 9. The smallest absolute Gasteiger partial charge is 0.330 e. The molecule has 1 aromatic heterocycles. The van der Waals surface area contributed by atoms with Gasteiger partial charge in [0, 0.05) is 25.5 Å². The van der Waals surface area contributed by atoms with Crippen molar-refractivity contribution in [1.82, 2.24) is 14.5 Å². The van der Waals surface area contributed by atoms with Crippen LogP contribution >= 0.6 is 0 Å². The third kappa shape index (κ3) is 5.42. The van der Waals surface area contributed by atoms with Crippen molar-refractivity contribution >= 4 is 12.0 Å². The van der Waals surface area contributed by atoms with Crippen LogP contribution in [0.5, 0.6) is 0 Å². The first-order valence-electron chi connectivity index (χ1n) is 8.85. The van der Waals surface area contributed by atoms with E-state index in [2.05, 4.69) is 11.6 Å². The summed E-state index contributed by atoms with van der Waals surface area (Å²) in [7, 11) is 0. The summed E-state index contributed by atoms with van der Waals surface area (Å²) in [5.74, 6) is -0.377. The Morgan fingerprint density at radius 2 is 2.40 bits per heavy atom. The van der Waals surface area contributed by atoms with Gasteiger partial charge >= 0.3 is 12.0 Å². The Hall–Kier alpha value is -2.15. The number of esters is 1. The molecule has 1 aliphatic heterocycles. The first-order valence-corrected chi connectivity index (χ1v) is 8.85. The van der Waals surface area contributed by atoms with Gasteiger partial charge in [-0.25, -0.2) is 14.6 Å². The molecule has 138 valence electrons. The van der Waals surface area contributed by atoms with Gasteiger partial charge < -0.3 is 14.4 Å². The summed E-state index contributed by atoms with van der Waals surface area (Å²) in [5.41, 5.74) is 0. The molecule has 0 spiro atoms. The highest BCUT2D eigenvalue weighted by Gasteiger charge is 2.33. The Morgan fingerprint density at radius 1 is 1.56 bits per heavy atom. The van der Waals surface area contributed by atoms with Gasteiger partial charge in [-0.05, 0) is 32.1 Å². The molecule has 1 amide bonds. The fourth-order valence-electron chi connectivity index (χ4n) is 2.88. The number of hydrogen-bond donors (Lipinski definition) is 0. The van der Waals surface area contributed by atoms with Crippen LogP contribution in [0.15, 0.2) is 31.4 Å². The first-order chi connectivity index (χ1) is 12.2. The van der Waals surface area contributed by atoms with E-state index in [0.717, 1.165) is 25.7 Å². The highest BCUT2D eigenvalue weighted by Crippen LogP contribution is 2.18. The molecule has 7 heteroatoms. The van der Waals surface area contributed by atoms with Crippen molar-refractivity contribution < 1.29 is 19.1 Å². The van der Waals surface area contributed by atoms with Gasteiger partial charge in [0.05, 0.1) is 12.7 Å². The quantitative estimate of drug-likeness (QED) is 0.389. The molecule has 1 saturated heterocycles. The maximum atomic E-state index is 12.8. The molecule has 2 unspecified atom stereocenters. The van der Waals surface area contributed by atoms with Crippen LogP contribution in [0.1, 0.15) is 39.0 Å². The van der Waals surface area contributed by atoms with Crippen LogP contribution in [0.25, 0.3) is 0 Å². The van der Waals surface area contributed by atoms with Gasteiger partial charge in [0.15, 0.2) is 0 Å². The van der Waals surface area contributed by atoms with Crippen LogP contribution in [-0.2, 0) is 14.3 Å². The molecule has 1 aromatic rings. The van der Waals surface area contributed by atoms with Crippen LogP contribution in [0.4, 0.5) is 4.79 Å². The number of aromatic nitrogens is 2. The lowest BCUT2D eigenvalue weighted by Crippen LogP contribution is -2.50. The topological polar surface area (TPSA) is 73.7 Å². The highest BCUT2D eigenvalue weighted by molar-refractivity contribution is 5.84. The number of carbonyl (C=O) groups is 2. The van der Waals surface area contributed by atoms with Crippen molar-refractivity contribution in [3.63, 3.8) is 0 Å². The van der Waals surface area contributed by atoms with E-state index in [0.29, 0.717) is 26.2 Å². The highest BCUT2D eigenvalue weighted by atomic mass is 16.5. The number of imidazole rings is 1. The van der Waals surface area contributed by atoms with Crippen molar-refractivity contribution in [2.45, 2.75) is 51.2 Å². The summed E-state index contributed by atoms with van der Waals surface area (Å²) in [5, 5.41) is 0. The maximum absolute atomic E-state index is 12.8. The van der Waals surface area contributed by atoms with Gasteiger partial charge in [0.2, 0.25) is 0 Å². The normalized spacial score (nSPS) is 17.9. The summed E-state index contributed by atoms with van der Waals surface area (Å²) in [4.78, 5) is 30.8. The second kappa shape index (κ2) is 9.98. The molecule has 0 N–H and O–H groups in total. The molecular formula is C18H27N3O4. The Bertz CT molecular complexity index is 553. The SMILES string of the molecule is C=CCCCOC(=O)C(CC)N(CC1CCCO1)C(=O)n1ccnc1. The second-order valence-electron chi connectivity index (χ2n) is 6.06. The number of hydrogen-bond acceptors (Lipinski definition) is 5. The molecule has 0 aliphatic carbocycles. The molecule has 1 fully saturated rings. The van der Waals surface area contributed by atoms with Crippen molar-refractivity contribution in [2.75, 3.05) is 19.8 Å². The molecule has 0 radical (unpaired) electrons. The third-order valence-corrected chi connectivity index (χ3v) is 4.23. The second-order valence-corrected chi connectivity index (χ2v) is 6.06. The fraction of sp³-hybridized carbons (Fsp3) is 0.611. The van der Waals surface area contributed by atoms with Crippen LogP contribution in [0.3, 0.4) is 0 Å². The van der Waals surface area contributed by atoms with Crippen molar-refractivity contribution in [1.29, 1.82) is 0 Å². The number of unbranched alkanes of at least 4 members (excludes halogenated alkanes) is 1. The van der Waals surface area contributed by atoms with E-state index in [1.54, 1.807) is 17.2 Å². The van der Waals surface area contributed by atoms with Crippen LogP contribution in [-0.4, -0.2) is 58.4 Å². The van der Waals surface area contributed by atoms with E-state index in [-0.39, 0.29) is 18.1 Å². The predicted octanol–water partition coefficient (Wildman–Crippen LogP) is 2.62. The Balaban J connectivity index is 2.08.